The molecule has 3 nitrogen and oxygen atoms in total. The van der Waals surface area contributed by atoms with Crippen LogP contribution < -0.4 is 5.73 Å². The van der Waals surface area contributed by atoms with Crippen LogP contribution in [0, 0.1) is 11.8 Å². The zero-order chi connectivity index (χ0) is 13.9. The molecule has 2 fully saturated rings. The van der Waals surface area contributed by atoms with E-state index in [2.05, 4.69) is 25.8 Å². The number of nitrogens with two attached hydrogens (primary N) is 1. The summed E-state index contributed by atoms with van der Waals surface area (Å²) in [5, 5.41) is 0. The summed E-state index contributed by atoms with van der Waals surface area (Å²) in [5.41, 5.74) is 6.40. The first-order chi connectivity index (χ1) is 9.08. The SMILES string of the molecule is CC1CCC(CN)(N(C)CC2CCCCO2)C(C)C1. The van der Waals surface area contributed by atoms with Crippen molar-refractivity contribution in [1.29, 1.82) is 0 Å². The Bertz CT molecular complexity index is 278. The van der Waals surface area contributed by atoms with E-state index in [1.807, 2.05) is 0 Å². The molecular formula is C16H32N2O. The number of rotatable bonds is 4. The Kier molecular flexibility index (Phi) is 5.27. The Morgan fingerprint density at radius 3 is 2.63 bits per heavy atom. The molecule has 2 aliphatic rings. The highest BCUT2D eigenvalue weighted by atomic mass is 16.5. The molecule has 0 aromatic heterocycles. The molecule has 3 heteroatoms. The van der Waals surface area contributed by atoms with Crippen molar-refractivity contribution in [2.24, 2.45) is 17.6 Å². The fourth-order valence-electron chi connectivity index (χ4n) is 4.15. The number of nitrogens with zero attached hydrogens (tertiary/aromatic N) is 1. The fourth-order valence-corrected chi connectivity index (χ4v) is 4.15. The maximum Gasteiger partial charge on any atom is 0.0702 e. The van der Waals surface area contributed by atoms with Gasteiger partial charge in [0.15, 0.2) is 0 Å². The second kappa shape index (κ2) is 6.55. The van der Waals surface area contributed by atoms with Crippen LogP contribution in [0.2, 0.25) is 0 Å². The van der Waals surface area contributed by atoms with Crippen molar-refractivity contribution >= 4 is 0 Å². The van der Waals surface area contributed by atoms with E-state index in [1.165, 1.54) is 38.5 Å². The average Bonchev–Trinajstić information content (AvgIpc) is 2.40. The Labute approximate surface area is 118 Å². The van der Waals surface area contributed by atoms with E-state index in [4.69, 9.17) is 10.5 Å². The summed E-state index contributed by atoms with van der Waals surface area (Å²) >= 11 is 0. The van der Waals surface area contributed by atoms with Crippen LogP contribution in [-0.4, -0.2) is 43.3 Å². The van der Waals surface area contributed by atoms with Crippen molar-refractivity contribution in [1.82, 2.24) is 4.90 Å². The van der Waals surface area contributed by atoms with E-state index < -0.39 is 0 Å². The zero-order valence-corrected chi connectivity index (χ0v) is 13.0. The molecule has 1 aliphatic carbocycles. The van der Waals surface area contributed by atoms with Crippen LogP contribution in [-0.2, 0) is 4.74 Å². The van der Waals surface area contributed by atoms with Crippen molar-refractivity contribution in [3.8, 4) is 0 Å². The first-order valence-corrected chi connectivity index (χ1v) is 8.11. The third kappa shape index (κ3) is 3.32. The Morgan fingerprint density at radius 1 is 1.26 bits per heavy atom. The molecule has 0 aromatic carbocycles. The van der Waals surface area contributed by atoms with Gasteiger partial charge in [0.25, 0.3) is 0 Å². The van der Waals surface area contributed by atoms with Crippen LogP contribution >= 0.6 is 0 Å². The highest BCUT2D eigenvalue weighted by molar-refractivity contribution is 4.99. The molecule has 112 valence electrons. The van der Waals surface area contributed by atoms with Gasteiger partial charge in [0, 0.05) is 25.2 Å². The van der Waals surface area contributed by atoms with Crippen LogP contribution in [0.3, 0.4) is 0 Å². The van der Waals surface area contributed by atoms with Crippen molar-refractivity contribution < 1.29 is 4.74 Å². The molecule has 1 saturated carbocycles. The quantitative estimate of drug-likeness (QED) is 0.852. The minimum Gasteiger partial charge on any atom is -0.377 e. The van der Waals surface area contributed by atoms with Crippen molar-refractivity contribution in [2.45, 2.75) is 64.0 Å². The summed E-state index contributed by atoms with van der Waals surface area (Å²) in [6.07, 6.45) is 8.07. The topological polar surface area (TPSA) is 38.5 Å². The fraction of sp³-hybridized carbons (Fsp3) is 1.00. The van der Waals surface area contributed by atoms with E-state index in [9.17, 15) is 0 Å². The van der Waals surface area contributed by atoms with Crippen LogP contribution in [0.15, 0.2) is 0 Å². The lowest BCUT2D eigenvalue weighted by Crippen LogP contribution is -2.60. The molecule has 1 heterocycles. The van der Waals surface area contributed by atoms with Gasteiger partial charge >= 0.3 is 0 Å². The third-order valence-corrected chi connectivity index (χ3v) is 5.61. The van der Waals surface area contributed by atoms with E-state index in [-0.39, 0.29) is 5.54 Å². The summed E-state index contributed by atoms with van der Waals surface area (Å²) in [4.78, 5) is 2.53. The number of ether oxygens (including phenoxy) is 1. The second-order valence-electron chi connectivity index (χ2n) is 6.96. The molecule has 1 saturated heterocycles. The predicted molar refractivity (Wildman–Crippen MR) is 80.2 cm³/mol. The van der Waals surface area contributed by atoms with Crippen LogP contribution in [0.4, 0.5) is 0 Å². The smallest absolute Gasteiger partial charge is 0.0702 e. The zero-order valence-electron chi connectivity index (χ0n) is 13.0. The van der Waals surface area contributed by atoms with E-state index in [0.717, 1.165) is 25.6 Å². The largest absolute Gasteiger partial charge is 0.377 e. The van der Waals surface area contributed by atoms with E-state index >= 15 is 0 Å². The van der Waals surface area contributed by atoms with Gasteiger partial charge in [0.05, 0.1) is 6.10 Å². The van der Waals surface area contributed by atoms with Gasteiger partial charge in [-0.3, -0.25) is 4.90 Å². The molecule has 1 aliphatic heterocycles. The molecule has 4 unspecified atom stereocenters. The number of likely N-dealkylation sites (N-methyl/N-ethyl adjacent to an activating group) is 1. The van der Waals surface area contributed by atoms with E-state index in [1.54, 1.807) is 0 Å². The lowest BCUT2D eigenvalue weighted by Gasteiger charge is -2.51. The Balaban J connectivity index is 1.98. The Morgan fingerprint density at radius 2 is 2.05 bits per heavy atom. The first-order valence-electron chi connectivity index (χ1n) is 8.11. The molecule has 19 heavy (non-hydrogen) atoms. The minimum absolute atomic E-state index is 0.202. The predicted octanol–water partition coefficient (Wildman–Crippen LogP) is 2.64. The van der Waals surface area contributed by atoms with Crippen LogP contribution in [0.25, 0.3) is 0 Å². The van der Waals surface area contributed by atoms with Gasteiger partial charge in [-0.1, -0.05) is 13.8 Å². The van der Waals surface area contributed by atoms with Gasteiger partial charge in [-0.25, -0.2) is 0 Å². The lowest BCUT2D eigenvalue weighted by atomic mass is 9.69. The monoisotopic (exact) mass is 268 g/mol. The highest BCUT2D eigenvalue weighted by Gasteiger charge is 2.42. The summed E-state index contributed by atoms with van der Waals surface area (Å²) in [5.74, 6) is 1.55. The lowest BCUT2D eigenvalue weighted by molar-refractivity contribution is -0.0476. The van der Waals surface area contributed by atoms with Gasteiger partial charge in [-0.2, -0.15) is 0 Å². The second-order valence-corrected chi connectivity index (χ2v) is 6.96. The first kappa shape index (κ1) is 15.3. The van der Waals surface area contributed by atoms with Gasteiger partial charge in [0.1, 0.15) is 0 Å². The van der Waals surface area contributed by atoms with Gasteiger partial charge < -0.3 is 10.5 Å². The molecule has 0 aromatic rings. The molecule has 0 bridgehead atoms. The number of hydrogen-bond acceptors (Lipinski definition) is 3. The van der Waals surface area contributed by atoms with Crippen molar-refractivity contribution in [3.63, 3.8) is 0 Å². The maximum absolute atomic E-state index is 6.20. The summed E-state index contributed by atoms with van der Waals surface area (Å²) in [6, 6.07) is 0. The van der Waals surface area contributed by atoms with Gasteiger partial charge in [-0.05, 0) is 57.4 Å². The molecule has 4 atom stereocenters. The van der Waals surface area contributed by atoms with Crippen LogP contribution in [0.5, 0.6) is 0 Å². The van der Waals surface area contributed by atoms with Crippen molar-refractivity contribution in [2.75, 3.05) is 26.7 Å². The van der Waals surface area contributed by atoms with Crippen LogP contribution in [0.1, 0.15) is 52.4 Å². The summed E-state index contributed by atoms with van der Waals surface area (Å²) < 4.78 is 5.90. The Hall–Kier alpha value is -0.120. The molecule has 2 N–H and O–H groups in total. The average molecular weight is 268 g/mol. The van der Waals surface area contributed by atoms with E-state index in [0.29, 0.717) is 12.0 Å². The number of hydrogen-bond donors (Lipinski definition) is 1. The molecule has 0 amide bonds. The summed E-state index contributed by atoms with van der Waals surface area (Å²) in [6.45, 7) is 7.54. The highest BCUT2D eigenvalue weighted by Crippen LogP contribution is 2.40. The van der Waals surface area contributed by atoms with Crippen molar-refractivity contribution in [3.05, 3.63) is 0 Å². The normalized spacial score (nSPS) is 40.6. The molecular weight excluding hydrogens is 236 g/mol. The standard InChI is InChI=1S/C16H32N2O/c1-13-7-8-16(12-17,14(2)10-13)18(3)11-15-6-4-5-9-19-15/h13-15H,4-12,17H2,1-3H3. The molecule has 0 spiro atoms. The summed E-state index contributed by atoms with van der Waals surface area (Å²) in [7, 11) is 2.26. The third-order valence-electron chi connectivity index (χ3n) is 5.61. The van der Waals surface area contributed by atoms with Gasteiger partial charge in [0.2, 0.25) is 0 Å². The molecule has 0 radical (unpaired) electrons. The minimum atomic E-state index is 0.202. The maximum atomic E-state index is 6.20. The van der Waals surface area contributed by atoms with Gasteiger partial charge in [-0.15, -0.1) is 0 Å². The molecule has 2 rings (SSSR count).